The lowest BCUT2D eigenvalue weighted by Gasteiger charge is -2.21. The van der Waals surface area contributed by atoms with Gasteiger partial charge in [0.15, 0.2) is 0 Å². The number of nitrogen functional groups attached to an aromatic ring is 1. The van der Waals surface area contributed by atoms with Crippen LogP contribution < -0.4 is 16.4 Å². The fourth-order valence-corrected chi connectivity index (χ4v) is 3.00. The Labute approximate surface area is 155 Å². The molecular weight excluding hydrogens is 342 g/mol. The molecule has 0 saturated heterocycles. The Morgan fingerprint density at radius 3 is 2.26 bits per heavy atom. The highest BCUT2D eigenvalue weighted by Crippen LogP contribution is 2.34. The Morgan fingerprint density at radius 1 is 1.00 bits per heavy atom. The number of carbonyl (C=O) groups excluding carboxylic acids is 1. The van der Waals surface area contributed by atoms with Gasteiger partial charge in [0.1, 0.15) is 18.4 Å². The van der Waals surface area contributed by atoms with E-state index in [1.165, 1.54) is 11.2 Å². The van der Waals surface area contributed by atoms with Crippen molar-refractivity contribution >= 4 is 34.3 Å². The van der Waals surface area contributed by atoms with Crippen LogP contribution in [0.2, 0.25) is 0 Å². The third kappa shape index (κ3) is 2.95. The predicted octanol–water partition coefficient (Wildman–Crippen LogP) is 4.00. The standard InChI is InChI=1S/C20H17N5O2/c1-12-2-6-14(7-3-12)25(20(22)26)15-8-4-13(5-9-15)16-10-27-19-17(16)18(21)23-11-24-19/h2-11H,1H3,(H2,22,26)(H2,21,23,24). The molecule has 2 aromatic carbocycles. The molecule has 0 unspecified atom stereocenters. The first-order valence-electron chi connectivity index (χ1n) is 8.29. The van der Waals surface area contributed by atoms with Crippen LogP contribution in [-0.2, 0) is 0 Å². The van der Waals surface area contributed by atoms with Crippen molar-refractivity contribution in [1.29, 1.82) is 0 Å². The molecule has 4 N–H and O–H groups in total. The monoisotopic (exact) mass is 359 g/mol. The molecule has 2 aromatic heterocycles. The molecule has 0 aliphatic rings. The van der Waals surface area contributed by atoms with Crippen LogP contribution in [0.4, 0.5) is 22.0 Å². The second-order valence-electron chi connectivity index (χ2n) is 6.14. The summed E-state index contributed by atoms with van der Waals surface area (Å²) in [6.07, 6.45) is 2.96. The van der Waals surface area contributed by atoms with E-state index in [1.807, 2.05) is 55.5 Å². The van der Waals surface area contributed by atoms with Gasteiger partial charge in [0.25, 0.3) is 0 Å². The molecule has 7 heteroatoms. The number of hydrogen-bond donors (Lipinski definition) is 2. The summed E-state index contributed by atoms with van der Waals surface area (Å²) >= 11 is 0. The number of furan rings is 1. The highest BCUT2D eigenvalue weighted by molar-refractivity contribution is 6.00. The van der Waals surface area contributed by atoms with Gasteiger partial charge in [0.05, 0.1) is 16.8 Å². The topological polar surface area (TPSA) is 111 Å². The summed E-state index contributed by atoms with van der Waals surface area (Å²) in [6.45, 7) is 1.98. The molecule has 134 valence electrons. The molecule has 2 amide bonds. The highest BCUT2D eigenvalue weighted by atomic mass is 16.3. The first kappa shape index (κ1) is 16.6. The first-order chi connectivity index (χ1) is 13.0. The zero-order chi connectivity index (χ0) is 19.0. The van der Waals surface area contributed by atoms with E-state index in [2.05, 4.69) is 9.97 Å². The number of nitrogens with zero attached hydrogens (tertiary/aromatic N) is 3. The van der Waals surface area contributed by atoms with Crippen LogP contribution in [0.15, 0.2) is 65.5 Å². The zero-order valence-electron chi connectivity index (χ0n) is 14.6. The van der Waals surface area contributed by atoms with Gasteiger partial charge in [-0.3, -0.25) is 4.90 Å². The highest BCUT2D eigenvalue weighted by Gasteiger charge is 2.17. The summed E-state index contributed by atoms with van der Waals surface area (Å²) in [5.41, 5.74) is 16.1. The fraction of sp³-hybridized carbons (Fsp3) is 0.0500. The number of anilines is 3. The minimum Gasteiger partial charge on any atom is -0.445 e. The van der Waals surface area contributed by atoms with Crippen LogP contribution in [0, 0.1) is 6.92 Å². The maximum Gasteiger partial charge on any atom is 0.323 e. The number of primary amides is 1. The lowest BCUT2D eigenvalue weighted by molar-refractivity contribution is 0.256. The second kappa shape index (κ2) is 6.45. The normalized spacial score (nSPS) is 10.9. The third-order valence-corrected chi connectivity index (χ3v) is 4.35. The van der Waals surface area contributed by atoms with Gasteiger partial charge in [-0.1, -0.05) is 29.8 Å². The summed E-state index contributed by atoms with van der Waals surface area (Å²) in [5, 5.41) is 0.663. The Balaban J connectivity index is 1.74. The lowest BCUT2D eigenvalue weighted by atomic mass is 10.1. The smallest absolute Gasteiger partial charge is 0.323 e. The molecule has 0 saturated carbocycles. The summed E-state index contributed by atoms with van der Waals surface area (Å²) in [4.78, 5) is 21.6. The molecule has 0 aliphatic heterocycles. The minimum atomic E-state index is -0.557. The van der Waals surface area contributed by atoms with Crippen LogP contribution in [-0.4, -0.2) is 16.0 Å². The van der Waals surface area contributed by atoms with E-state index in [9.17, 15) is 4.79 Å². The lowest BCUT2D eigenvalue weighted by Crippen LogP contribution is -2.31. The van der Waals surface area contributed by atoms with Gasteiger partial charge in [-0.2, -0.15) is 0 Å². The van der Waals surface area contributed by atoms with E-state index < -0.39 is 6.03 Å². The van der Waals surface area contributed by atoms with Crippen molar-refractivity contribution in [2.75, 3.05) is 10.6 Å². The molecule has 0 bridgehead atoms. The molecule has 0 aliphatic carbocycles. The third-order valence-electron chi connectivity index (χ3n) is 4.35. The summed E-state index contributed by atoms with van der Waals surface area (Å²) in [6, 6.07) is 14.4. The SMILES string of the molecule is Cc1ccc(N(C(N)=O)c2ccc(-c3coc4ncnc(N)c34)cc2)cc1. The van der Waals surface area contributed by atoms with E-state index in [-0.39, 0.29) is 0 Å². The van der Waals surface area contributed by atoms with Crippen LogP contribution in [0.5, 0.6) is 0 Å². The van der Waals surface area contributed by atoms with Crippen molar-refractivity contribution in [3.05, 3.63) is 66.7 Å². The maximum atomic E-state index is 12.0. The molecule has 0 radical (unpaired) electrons. The average Bonchev–Trinajstić information content (AvgIpc) is 3.09. The van der Waals surface area contributed by atoms with Crippen molar-refractivity contribution in [2.24, 2.45) is 5.73 Å². The largest absolute Gasteiger partial charge is 0.445 e. The van der Waals surface area contributed by atoms with Crippen LogP contribution >= 0.6 is 0 Å². The molecule has 2 heterocycles. The summed E-state index contributed by atoms with van der Waals surface area (Å²) < 4.78 is 5.47. The van der Waals surface area contributed by atoms with Gasteiger partial charge < -0.3 is 15.9 Å². The minimum absolute atomic E-state index is 0.353. The van der Waals surface area contributed by atoms with Crippen LogP contribution in [0.3, 0.4) is 0 Å². The molecule has 0 spiro atoms. The first-order valence-corrected chi connectivity index (χ1v) is 8.29. The van der Waals surface area contributed by atoms with Gasteiger partial charge >= 0.3 is 6.03 Å². The molecule has 4 rings (SSSR count). The number of aromatic nitrogens is 2. The Kier molecular flexibility index (Phi) is 3.97. The molecule has 7 nitrogen and oxygen atoms in total. The number of aryl methyl sites for hydroxylation is 1. The summed E-state index contributed by atoms with van der Waals surface area (Å²) in [5.74, 6) is 0.353. The van der Waals surface area contributed by atoms with Crippen LogP contribution in [0.1, 0.15) is 5.56 Å². The predicted molar refractivity (Wildman–Crippen MR) is 105 cm³/mol. The van der Waals surface area contributed by atoms with Crippen molar-refractivity contribution in [2.45, 2.75) is 6.92 Å². The second-order valence-corrected chi connectivity index (χ2v) is 6.14. The van der Waals surface area contributed by atoms with Gasteiger partial charge in [0, 0.05) is 5.56 Å². The van der Waals surface area contributed by atoms with E-state index in [0.717, 1.165) is 16.7 Å². The molecule has 27 heavy (non-hydrogen) atoms. The average molecular weight is 359 g/mol. The zero-order valence-corrected chi connectivity index (χ0v) is 14.6. The molecule has 0 fully saturated rings. The number of fused-ring (bicyclic) bond motifs is 1. The Hall–Kier alpha value is -3.87. The number of urea groups is 1. The Morgan fingerprint density at radius 2 is 1.63 bits per heavy atom. The van der Waals surface area contributed by atoms with E-state index in [1.54, 1.807) is 6.26 Å². The number of rotatable bonds is 3. The number of carbonyl (C=O) groups is 1. The number of amides is 2. The number of benzene rings is 2. The molecular formula is C20H17N5O2. The summed E-state index contributed by atoms with van der Waals surface area (Å²) in [7, 11) is 0. The van der Waals surface area contributed by atoms with Gasteiger partial charge in [0.2, 0.25) is 5.71 Å². The van der Waals surface area contributed by atoms with Crippen LogP contribution in [0.25, 0.3) is 22.2 Å². The Bertz CT molecular complexity index is 1120. The number of nitrogens with two attached hydrogens (primary N) is 2. The quantitative estimate of drug-likeness (QED) is 0.574. The van der Waals surface area contributed by atoms with E-state index in [0.29, 0.717) is 28.3 Å². The van der Waals surface area contributed by atoms with Crippen molar-refractivity contribution in [3.63, 3.8) is 0 Å². The van der Waals surface area contributed by atoms with Gasteiger partial charge in [-0.25, -0.2) is 14.8 Å². The van der Waals surface area contributed by atoms with E-state index >= 15 is 0 Å². The van der Waals surface area contributed by atoms with Gasteiger partial charge in [-0.05, 0) is 36.8 Å². The van der Waals surface area contributed by atoms with Crippen molar-refractivity contribution in [1.82, 2.24) is 9.97 Å². The fourth-order valence-electron chi connectivity index (χ4n) is 3.00. The van der Waals surface area contributed by atoms with Crippen molar-refractivity contribution in [3.8, 4) is 11.1 Å². The molecule has 4 aromatic rings. The van der Waals surface area contributed by atoms with Crippen molar-refractivity contribution < 1.29 is 9.21 Å². The maximum absolute atomic E-state index is 12.0. The van der Waals surface area contributed by atoms with Gasteiger partial charge in [-0.15, -0.1) is 0 Å². The number of hydrogen-bond acceptors (Lipinski definition) is 5. The molecule has 0 atom stereocenters. The van der Waals surface area contributed by atoms with E-state index in [4.69, 9.17) is 15.9 Å².